The number of halogens is 12. The molecule has 4 nitrogen and oxygen atoms in total. The van der Waals surface area contributed by atoms with E-state index in [2.05, 4.69) is 0 Å². The van der Waals surface area contributed by atoms with E-state index in [9.17, 15) is 61.1 Å². The van der Waals surface area contributed by atoms with Gasteiger partial charge in [0.1, 0.15) is 0 Å². The van der Waals surface area contributed by atoms with Gasteiger partial charge in [-0.25, -0.2) is 8.42 Å². The molecule has 0 bridgehead atoms. The van der Waals surface area contributed by atoms with Crippen LogP contribution < -0.4 is 11.5 Å². The molecule has 2 aromatic carbocycles. The second-order valence-corrected chi connectivity index (χ2v) is 8.19. The molecule has 0 fully saturated rings. The summed E-state index contributed by atoms with van der Waals surface area (Å²) in [7, 11) is -6.32. The monoisotopic (exact) mass is 520 g/mol. The van der Waals surface area contributed by atoms with Crippen LogP contribution in [0.4, 0.5) is 64.1 Å². The van der Waals surface area contributed by atoms with Gasteiger partial charge in [-0.3, -0.25) is 0 Å². The zero-order valence-corrected chi connectivity index (χ0v) is 16.0. The van der Waals surface area contributed by atoms with E-state index >= 15 is 0 Å². The second-order valence-electron chi connectivity index (χ2n) is 6.30. The third-order valence-corrected chi connectivity index (χ3v) is 5.95. The normalized spacial score (nSPS) is 13.9. The molecule has 0 aliphatic heterocycles. The predicted molar refractivity (Wildman–Crippen MR) is 87.2 cm³/mol. The quantitative estimate of drug-likeness (QED) is 0.390. The number of nitrogens with two attached hydrogens (primary N) is 2. The third kappa shape index (κ3) is 4.77. The zero-order chi connectivity index (χ0) is 25.9. The number of rotatable bonds is 2. The van der Waals surface area contributed by atoms with Crippen molar-refractivity contribution in [1.82, 2.24) is 0 Å². The average molecular weight is 520 g/mol. The summed E-state index contributed by atoms with van der Waals surface area (Å²) in [5.41, 5.74) is -4.93. The van der Waals surface area contributed by atoms with Gasteiger partial charge in [0.2, 0.25) is 9.84 Å². The highest BCUT2D eigenvalue weighted by molar-refractivity contribution is 7.91. The van der Waals surface area contributed by atoms with Crippen LogP contribution in [-0.4, -0.2) is 8.42 Å². The van der Waals surface area contributed by atoms with Crippen LogP contribution in [0.2, 0.25) is 0 Å². The summed E-state index contributed by atoms with van der Waals surface area (Å²) in [5, 5.41) is 0. The maximum Gasteiger partial charge on any atom is 0.419 e. The van der Waals surface area contributed by atoms with Crippen molar-refractivity contribution >= 4 is 21.2 Å². The van der Waals surface area contributed by atoms with Crippen molar-refractivity contribution in [3.8, 4) is 0 Å². The van der Waals surface area contributed by atoms with Crippen molar-refractivity contribution in [3.05, 3.63) is 46.5 Å². The Labute approximate surface area is 175 Å². The molecule has 17 heteroatoms. The first-order valence-corrected chi connectivity index (χ1v) is 9.39. The van der Waals surface area contributed by atoms with Gasteiger partial charge in [0.25, 0.3) is 0 Å². The molecule has 0 atom stereocenters. The molecule has 184 valence electrons. The van der Waals surface area contributed by atoms with Gasteiger partial charge in [-0.2, -0.15) is 52.7 Å². The van der Waals surface area contributed by atoms with Crippen LogP contribution in [-0.2, 0) is 34.5 Å². The highest BCUT2D eigenvalue weighted by atomic mass is 32.2. The lowest BCUT2D eigenvalue weighted by atomic mass is 10.0. The van der Waals surface area contributed by atoms with Crippen LogP contribution in [0.1, 0.15) is 22.3 Å². The summed E-state index contributed by atoms with van der Waals surface area (Å²) < 4.78 is 186. The fraction of sp³-hybridized carbons (Fsp3) is 0.250. The number of benzene rings is 2. The van der Waals surface area contributed by atoms with E-state index in [0.29, 0.717) is 0 Å². The van der Waals surface area contributed by atoms with E-state index < -0.39 is 78.0 Å². The van der Waals surface area contributed by atoms with Gasteiger partial charge in [-0.1, -0.05) is 0 Å². The van der Waals surface area contributed by atoms with Crippen LogP contribution >= 0.6 is 0 Å². The molecule has 0 aromatic heterocycles. The van der Waals surface area contributed by atoms with E-state index in [1.807, 2.05) is 0 Å². The average Bonchev–Trinajstić information content (AvgIpc) is 2.56. The molecule has 0 unspecified atom stereocenters. The lowest BCUT2D eigenvalue weighted by molar-refractivity contribution is -0.163. The molecule has 2 rings (SSSR count). The van der Waals surface area contributed by atoms with E-state index in [-0.39, 0.29) is 24.3 Å². The molecule has 33 heavy (non-hydrogen) atoms. The summed E-state index contributed by atoms with van der Waals surface area (Å²) in [6.07, 6.45) is -24.2. The Bertz CT molecular complexity index is 1100. The first-order valence-electron chi connectivity index (χ1n) is 7.91. The van der Waals surface area contributed by atoms with Crippen molar-refractivity contribution in [2.45, 2.75) is 34.5 Å². The molecule has 0 heterocycles. The fourth-order valence-electron chi connectivity index (χ4n) is 2.94. The molecule has 0 aliphatic carbocycles. The van der Waals surface area contributed by atoms with Crippen molar-refractivity contribution in [1.29, 1.82) is 0 Å². The molecule has 0 saturated carbocycles. The Kier molecular flexibility index (Phi) is 6.08. The van der Waals surface area contributed by atoms with Crippen molar-refractivity contribution < 1.29 is 61.1 Å². The smallest absolute Gasteiger partial charge is 0.398 e. The number of hydrogen-bond donors (Lipinski definition) is 2. The van der Waals surface area contributed by atoms with Crippen LogP contribution in [0, 0.1) is 0 Å². The minimum absolute atomic E-state index is 0.0141. The Hall–Kier alpha value is -2.85. The van der Waals surface area contributed by atoms with E-state index in [4.69, 9.17) is 11.5 Å². The van der Waals surface area contributed by atoms with E-state index in [1.54, 1.807) is 0 Å². The first-order chi connectivity index (χ1) is 14.5. The molecule has 0 radical (unpaired) electrons. The Morgan fingerprint density at radius 1 is 0.485 bits per heavy atom. The van der Waals surface area contributed by atoms with Crippen molar-refractivity contribution in [3.63, 3.8) is 0 Å². The van der Waals surface area contributed by atoms with Gasteiger partial charge in [-0.15, -0.1) is 0 Å². The maximum atomic E-state index is 13.5. The van der Waals surface area contributed by atoms with E-state index in [1.165, 1.54) is 0 Å². The first kappa shape index (κ1) is 26.4. The molecule has 4 N–H and O–H groups in total. The minimum atomic E-state index is -6.32. The lowest BCUT2D eigenvalue weighted by Crippen LogP contribution is -2.25. The summed E-state index contributed by atoms with van der Waals surface area (Å²) in [6, 6.07) is -0.348. The highest BCUT2D eigenvalue weighted by Crippen LogP contribution is 2.50. The van der Waals surface area contributed by atoms with Gasteiger partial charge in [0.05, 0.1) is 32.0 Å². The predicted octanol–water partition coefficient (Wildman–Crippen LogP) is 5.76. The maximum absolute atomic E-state index is 13.5. The molecule has 0 amide bonds. The topological polar surface area (TPSA) is 86.2 Å². The third-order valence-electron chi connectivity index (χ3n) is 4.11. The molecule has 0 spiro atoms. The SMILES string of the molecule is Nc1ccc(S(=O)(=O)c2ccc(N)c(C(F)(F)F)c2C(F)(F)F)c(C(F)(F)F)c1C(F)(F)F. The van der Waals surface area contributed by atoms with Gasteiger partial charge in [0, 0.05) is 11.4 Å². The molecular formula is C16H8F12N2O2S. The van der Waals surface area contributed by atoms with E-state index in [0.717, 1.165) is 0 Å². The Morgan fingerprint density at radius 3 is 0.939 bits per heavy atom. The minimum Gasteiger partial charge on any atom is -0.398 e. The number of sulfone groups is 1. The van der Waals surface area contributed by atoms with Gasteiger partial charge in [-0.05, 0) is 24.3 Å². The largest absolute Gasteiger partial charge is 0.419 e. The van der Waals surface area contributed by atoms with Gasteiger partial charge < -0.3 is 11.5 Å². The van der Waals surface area contributed by atoms with Crippen molar-refractivity contribution in [2.75, 3.05) is 11.5 Å². The Balaban J connectivity index is 3.14. The lowest BCUT2D eigenvalue weighted by Gasteiger charge is -2.23. The van der Waals surface area contributed by atoms with Crippen LogP contribution in [0.25, 0.3) is 0 Å². The number of anilines is 2. The summed E-state index contributed by atoms with van der Waals surface area (Å²) in [6.45, 7) is 0. The van der Waals surface area contributed by atoms with Gasteiger partial charge in [0.15, 0.2) is 0 Å². The second kappa shape index (κ2) is 7.59. The zero-order valence-electron chi connectivity index (χ0n) is 15.2. The Morgan fingerprint density at radius 2 is 0.727 bits per heavy atom. The standard InChI is InChI=1S/C16H8F12N2O2S/c17-13(18,19)9-5(29)1-3-7(11(9)15(23,24)25)33(31,32)8-4-2-6(30)10(14(20,21)22)12(8)16(26,27)28/h1-4H,29-30H2. The fourth-order valence-corrected chi connectivity index (χ4v) is 4.64. The summed E-state index contributed by atoms with van der Waals surface area (Å²) >= 11 is 0. The molecular weight excluding hydrogens is 512 g/mol. The van der Waals surface area contributed by atoms with Gasteiger partial charge >= 0.3 is 24.7 Å². The summed E-state index contributed by atoms with van der Waals surface area (Å²) in [4.78, 5) is -4.78. The van der Waals surface area contributed by atoms with Crippen molar-refractivity contribution in [2.24, 2.45) is 0 Å². The number of hydrogen-bond acceptors (Lipinski definition) is 4. The summed E-state index contributed by atoms with van der Waals surface area (Å²) in [5.74, 6) is 0. The van der Waals surface area contributed by atoms with Crippen LogP contribution in [0.15, 0.2) is 34.1 Å². The number of alkyl halides is 12. The number of nitrogen functional groups attached to an aromatic ring is 2. The highest BCUT2D eigenvalue weighted by Gasteiger charge is 2.52. The molecule has 2 aromatic rings. The van der Waals surface area contributed by atoms with Crippen LogP contribution in [0.5, 0.6) is 0 Å². The molecule has 0 aliphatic rings. The van der Waals surface area contributed by atoms with Crippen LogP contribution in [0.3, 0.4) is 0 Å². The molecule has 0 saturated heterocycles.